The van der Waals surface area contributed by atoms with E-state index in [-0.39, 0.29) is 5.41 Å². The molecule has 280 valence electrons. The van der Waals surface area contributed by atoms with E-state index >= 15 is 0 Å². The second-order valence-electron chi connectivity index (χ2n) is 16.1. The number of para-hydroxylation sites is 2. The molecule has 0 saturated carbocycles. The molecule has 2 nitrogen and oxygen atoms in total. The van der Waals surface area contributed by atoms with Crippen LogP contribution in [0.5, 0.6) is 0 Å². The number of hydrogen-bond donors (Lipinski definition) is 0. The molecule has 59 heavy (non-hydrogen) atoms. The molecule has 11 rings (SSSR count). The van der Waals surface area contributed by atoms with Crippen LogP contribution in [-0.4, -0.2) is 0 Å². The van der Waals surface area contributed by atoms with Crippen molar-refractivity contribution in [3.8, 4) is 55.6 Å². The zero-order valence-electron chi connectivity index (χ0n) is 33.1. The first-order valence-corrected chi connectivity index (χ1v) is 20.4. The van der Waals surface area contributed by atoms with Crippen LogP contribution in [0.2, 0.25) is 0 Å². The SMILES string of the molecule is CC1(C)c2ccccc2-c2cc(-c3ccc(-c4ccc(N(c5ccc(-c6ccccc6)cc5)c5ccc(-c6cccc7c6oc6ccccc67)cc5)cc4)cc3)ccc21. The number of rotatable bonds is 7. The zero-order chi connectivity index (χ0) is 39.5. The van der Waals surface area contributed by atoms with Crippen molar-refractivity contribution in [2.75, 3.05) is 4.90 Å². The molecule has 1 aromatic heterocycles. The number of nitrogens with zero attached hydrogens (tertiary/aromatic N) is 1. The van der Waals surface area contributed by atoms with Gasteiger partial charge in [0.15, 0.2) is 0 Å². The van der Waals surface area contributed by atoms with Gasteiger partial charge < -0.3 is 9.32 Å². The maximum absolute atomic E-state index is 6.40. The van der Waals surface area contributed by atoms with E-state index in [1.165, 1.54) is 55.6 Å². The molecular formula is C57H41NO. The standard InChI is InChI=1S/C57H41NO/c1-57(2)53-17-8-6-13-49(53)52-37-44(29-36-54(52)57)42-21-19-39(20-22-42)41-25-32-46(33-26-41)58(45-30-23-40(24-31-45)38-11-4-3-5-12-38)47-34-27-43(28-35-47)48-15-10-16-51-50-14-7-9-18-55(50)59-56(48)51/h3-37H,1-2H3. The number of anilines is 3. The van der Waals surface area contributed by atoms with E-state index in [1.54, 1.807) is 0 Å². The van der Waals surface area contributed by atoms with Gasteiger partial charge in [-0.25, -0.2) is 0 Å². The van der Waals surface area contributed by atoms with E-state index in [0.717, 1.165) is 50.1 Å². The van der Waals surface area contributed by atoms with Gasteiger partial charge in [0.2, 0.25) is 0 Å². The minimum atomic E-state index is 0.0104. The van der Waals surface area contributed by atoms with Gasteiger partial charge in [0.1, 0.15) is 11.2 Å². The molecule has 0 N–H and O–H groups in total. The van der Waals surface area contributed by atoms with Crippen LogP contribution in [0.4, 0.5) is 17.1 Å². The number of fused-ring (bicyclic) bond motifs is 6. The second kappa shape index (κ2) is 13.9. The number of benzene rings is 9. The molecule has 0 radical (unpaired) electrons. The number of furan rings is 1. The van der Waals surface area contributed by atoms with Crippen LogP contribution in [0.15, 0.2) is 217 Å². The van der Waals surface area contributed by atoms with Gasteiger partial charge in [-0.15, -0.1) is 0 Å². The van der Waals surface area contributed by atoms with E-state index in [9.17, 15) is 0 Å². The van der Waals surface area contributed by atoms with Crippen LogP contribution in [-0.2, 0) is 5.41 Å². The van der Waals surface area contributed by atoms with E-state index < -0.39 is 0 Å². The fourth-order valence-electron chi connectivity index (χ4n) is 9.20. The fourth-order valence-corrected chi connectivity index (χ4v) is 9.20. The van der Waals surface area contributed by atoms with Gasteiger partial charge in [0.25, 0.3) is 0 Å². The molecule has 0 bridgehead atoms. The van der Waals surface area contributed by atoms with Gasteiger partial charge in [-0.3, -0.25) is 0 Å². The highest BCUT2D eigenvalue weighted by atomic mass is 16.3. The molecule has 0 fully saturated rings. The Kier molecular flexibility index (Phi) is 8.20. The average Bonchev–Trinajstić information content (AvgIpc) is 3.79. The van der Waals surface area contributed by atoms with Crippen LogP contribution in [0.3, 0.4) is 0 Å². The smallest absolute Gasteiger partial charge is 0.143 e. The van der Waals surface area contributed by atoms with Crippen molar-refractivity contribution in [1.29, 1.82) is 0 Å². The van der Waals surface area contributed by atoms with Crippen molar-refractivity contribution in [2.24, 2.45) is 0 Å². The Balaban J connectivity index is 0.916. The summed E-state index contributed by atoms with van der Waals surface area (Å²) in [7, 11) is 0. The molecule has 0 unspecified atom stereocenters. The lowest BCUT2D eigenvalue weighted by Gasteiger charge is -2.26. The molecule has 1 heterocycles. The van der Waals surface area contributed by atoms with E-state index in [0.29, 0.717) is 0 Å². The summed E-state index contributed by atoms with van der Waals surface area (Å²) >= 11 is 0. The van der Waals surface area contributed by atoms with Gasteiger partial charge >= 0.3 is 0 Å². The first kappa shape index (κ1) is 34.8. The van der Waals surface area contributed by atoms with Gasteiger partial charge in [-0.2, -0.15) is 0 Å². The molecule has 0 spiro atoms. The second-order valence-corrected chi connectivity index (χ2v) is 16.1. The van der Waals surface area contributed by atoms with Crippen LogP contribution in [0.1, 0.15) is 25.0 Å². The Morgan fingerprint density at radius 3 is 1.46 bits per heavy atom. The normalized spacial score (nSPS) is 12.7. The zero-order valence-corrected chi connectivity index (χ0v) is 33.1. The lowest BCUT2D eigenvalue weighted by molar-refractivity contribution is 0.660. The average molecular weight is 756 g/mol. The first-order valence-electron chi connectivity index (χ1n) is 20.4. The third-order valence-corrected chi connectivity index (χ3v) is 12.3. The summed E-state index contributed by atoms with van der Waals surface area (Å²) in [6.45, 7) is 4.67. The summed E-state index contributed by atoms with van der Waals surface area (Å²) in [4.78, 5) is 2.33. The number of hydrogen-bond acceptors (Lipinski definition) is 2. The molecule has 9 aromatic carbocycles. The Labute approximate surface area is 345 Å². The maximum atomic E-state index is 6.40. The molecule has 0 aliphatic heterocycles. The quantitative estimate of drug-likeness (QED) is 0.161. The highest BCUT2D eigenvalue weighted by Gasteiger charge is 2.35. The Hall–Kier alpha value is -7.42. The molecule has 1 aliphatic rings. The van der Waals surface area contributed by atoms with Crippen LogP contribution >= 0.6 is 0 Å². The van der Waals surface area contributed by atoms with Crippen molar-refractivity contribution >= 4 is 39.0 Å². The minimum absolute atomic E-state index is 0.0104. The van der Waals surface area contributed by atoms with Crippen molar-refractivity contribution in [2.45, 2.75) is 19.3 Å². The van der Waals surface area contributed by atoms with E-state index in [1.807, 2.05) is 12.1 Å². The topological polar surface area (TPSA) is 16.4 Å². The highest BCUT2D eigenvalue weighted by molar-refractivity contribution is 6.09. The van der Waals surface area contributed by atoms with Crippen molar-refractivity contribution in [3.63, 3.8) is 0 Å². The monoisotopic (exact) mass is 755 g/mol. The molecule has 10 aromatic rings. The largest absolute Gasteiger partial charge is 0.455 e. The van der Waals surface area contributed by atoms with Gasteiger partial charge in [-0.1, -0.05) is 178 Å². The van der Waals surface area contributed by atoms with Crippen LogP contribution in [0.25, 0.3) is 77.6 Å². The third kappa shape index (κ3) is 5.96. The van der Waals surface area contributed by atoms with E-state index in [4.69, 9.17) is 4.42 Å². The van der Waals surface area contributed by atoms with Gasteiger partial charge in [0, 0.05) is 38.8 Å². The van der Waals surface area contributed by atoms with Crippen molar-refractivity contribution in [1.82, 2.24) is 0 Å². The summed E-state index contributed by atoms with van der Waals surface area (Å²) in [5.74, 6) is 0. The maximum Gasteiger partial charge on any atom is 0.143 e. The van der Waals surface area contributed by atoms with E-state index in [2.05, 4.69) is 219 Å². The first-order chi connectivity index (χ1) is 29.0. The Bertz CT molecular complexity index is 3140. The summed E-state index contributed by atoms with van der Waals surface area (Å²) in [5, 5.41) is 2.27. The van der Waals surface area contributed by atoms with Crippen LogP contribution < -0.4 is 4.90 Å². The lowest BCUT2D eigenvalue weighted by atomic mass is 9.82. The molecule has 0 saturated heterocycles. The fraction of sp³-hybridized carbons (Fsp3) is 0.0526. The van der Waals surface area contributed by atoms with Crippen molar-refractivity contribution in [3.05, 3.63) is 223 Å². The van der Waals surface area contributed by atoms with Gasteiger partial charge in [-0.05, 0) is 110 Å². The molecular weight excluding hydrogens is 715 g/mol. The van der Waals surface area contributed by atoms with Crippen molar-refractivity contribution < 1.29 is 4.42 Å². The molecule has 0 amide bonds. The predicted molar refractivity (Wildman–Crippen MR) is 248 cm³/mol. The summed E-state index contributed by atoms with van der Waals surface area (Å²) in [6, 6.07) is 76.7. The summed E-state index contributed by atoms with van der Waals surface area (Å²) in [6.07, 6.45) is 0. The highest BCUT2D eigenvalue weighted by Crippen LogP contribution is 2.49. The van der Waals surface area contributed by atoms with Gasteiger partial charge in [0.05, 0.1) is 0 Å². The molecule has 0 atom stereocenters. The Morgan fingerprint density at radius 2 is 0.797 bits per heavy atom. The molecule has 1 aliphatic carbocycles. The predicted octanol–water partition coefficient (Wildman–Crippen LogP) is 16.0. The summed E-state index contributed by atoms with van der Waals surface area (Å²) in [5.41, 5.74) is 20.0. The molecule has 2 heteroatoms. The third-order valence-electron chi connectivity index (χ3n) is 12.3. The lowest BCUT2D eigenvalue weighted by Crippen LogP contribution is -2.14. The minimum Gasteiger partial charge on any atom is -0.455 e. The Morgan fingerprint density at radius 1 is 0.339 bits per heavy atom. The van der Waals surface area contributed by atoms with Crippen LogP contribution in [0, 0.1) is 0 Å². The summed E-state index contributed by atoms with van der Waals surface area (Å²) < 4.78 is 6.40.